The second-order valence-electron chi connectivity index (χ2n) is 5.88. The van der Waals surface area contributed by atoms with Gasteiger partial charge in [-0.2, -0.15) is 0 Å². The summed E-state index contributed by atoms with van der Waals surface area (Å²) in [6.07, 6.45) is 1.20. The predicted octanol–water partition coefficient (Wildman–Crippen LogP) is 0.505. The monoisotopic (exact) mass is 309 g/mol. The molecule has 0 spiro atoms. The van der Waals surface area contributed by atoms with Gasteiger partial charge in [0, 0.05) is 44.1 Å². The van der Waals surface area contributed by atoms with E-state index in [4.69, 9.17) is 0 Å². The summed E-state index contributed by atoms with van der Waals surface area (Å²) in [6, 6.07) is 4.07. The average Bonchev–Trinajstić information content (AvgIpc) is 3.07. The summed E-state index contributed by atoms with van der Waals surface area (Å²) >= 11 is 1.79. The van der Waals surface area contributed by atoms with Crippen LogP contribution < -0.4 is 5.32 Å². The lowest BCUT2D eigenvalue weighted by atomic mass is 10.2. The third kappa shape index (κ3) is 3.83. The number of nitrogens with one attached hydrogen (secondary N) is 1. The molecule has 3 heterocycles. The van der Waals surface area contributed by atoms with Gasteiger partial charge >= 0.3 is 0 Å². The van der Waals surface area contributed by atoms with E-state index in [0.29, 0.717) is 13.0 Å². The van der Waals surface area contributed by atoms with Crippen LogP contribution in [-0.4, -0.2) is 65.7 Å². The highest BCUT2D eigenvalue weighted by Crippen LogP contribution is 2.15. The number of carbonyl (C=O) groups is 1. The number of hydrogen-bond acceptors (Lipinski definition) is 5. The van der Waals surface area contributed by atoms with Crippen LogP contribution in [0.2, 0.25) is 0 Å². The van der Waals surface area contributed by atoms with Crippen molar-refractivity contribution in [2.45, 2.75) is 31.5 Å². The molecule has 2 saturated heterocycles. The van der Waals surface area contributed by atoms with Crippen LogP contribution in [0.1, 0.15) is 17.7 Å². The largest absolute Gasteiger partial charge is 0.392 e. The van der Waals surface area contributed by atoms with Crippen molar-refractivity contribution in [1.29, 1.82) is 0 Å². The smallest absolute Gasteiger partial charge is 0.239 e. The molecule has 0 radical (unpaired) electrons. The average molecular weight is 309 g/mol. The maximum Gasteiger partial charge on any atom is 0.239 e. The van der Waals surface area contributed by atoms with Crippen LogP contribution in [0.25, 0.3) is 0 Å². The summed E-state index contributed by atoms with van der Waals surface area (Å²) in [7, 11) is 0. The van der Waals surface area contributed by atoms with Crippen LogP contribution >= 0.6 is 11.3 Å². The normalized spacial score (nSPS) is 27.8. The zero-order chi connectivity index (χ0) is 14.7. The molecule has 5 nitrogen and oxygen atoms in total. The van der Waals surface area contributed by atoms with E-state index in [1.165, 1.54) is 4.88 Å². The minimum absolute atomic E-state index is 0.157. The first-order chi connectivity index (χ1) is 10.2. The van der Waals surface area contributed by atoms with Crippen molar-refractivity contribution in [3.63, 3.8) is 0 Å². The Labute approximate surface area is 129 Å². The number of thiophene rings is 1. The zero-order valence-electron chi connectivity index (χ0n) is 12.2. The number of aliphatic hydroxyl groups excluding tert-OH is 1. The lowest BCUT2D eigenvalue weighted by molar-refractivity contribution is -0.133. The summed E-state index contributed by atoms with van der Waals surface area (Å²) in [6.45, 7) is 5.11. The minimum atomic E-state index is -0.374. The SMILES string of the molecule is O=C(C1CC(O)CN1)N1CCCN(Cc2cccs2)CC1. The highest BCUT2D eigenvalue weighted by Gasteiger charge is 2.31. The molecule has 1 amide bonds. The number of rotatable bonds is 3. The first-order valence-electron chi connectivity index (χ1n) is 7.67. The van der Waals surface area contributed by atoms with Gasteiger partial charge in [-0.05, 0) is 24.3 Å². The van der Waals surface area contributed by atoms with E-state index in [1.807, 2.05) is 4.90 Å². The highest BCUT2D eigenvalue weighted by atomic mass is 32.1. The summed E-state index contributed by atoms with van der Waals surface area (Å²) in [5.41, 5.74) is 0. The van der Waals surface area contributed by atoms with E-state index >= 15 is 0 Å². The van der Waals surface area contributed by atoms with E-state index in [0.717, 1.165) is 39.1 Å². The van der Waals surface area contributed by atoms with Crippen LogP contribution in [0.4, 0.5) is 0 Å². The predicted molar refractivity (Wildman–Crippen MR) is 83.2 cm³/mol. The number of β-amino-alcohol motifs (C(OH)–C–C–N with tert-alkyl or cyclic N) is 1. The topological polar surface area (TPSA) is 55.8 Å². The summed E-state index contributed by atoms with van der Waals surface area (Å²) in [4.78, 5) is 18.2. The van der Waals surface area contributed by atoms with E-state index in [1.54, 1.807) is 11.3 Å². The van der Waals surface area contributed by atoms with Gasteiger partial charge < -0.3 is 15.3 Å². The Morgan fingerprint density at radius 2 is 2.29 bits per heavy atom. The molecular formula is C15H23N3O2S. The van der Waals surface area contributed by atoms with E-state index in [2.05, 4.69) is 27.7 Å². The first-order valence-corrected chi connectivity index (χ1v) is 8.55. The Balaban J connectivity index is 1.52. The van der Waals surface area contributed by atoms with Crippen molar-refractivity contribution in [2.75, 3.05) is 32.7 Å². The van der Waals surface area contributed by atoms with Crippen LogP contribution in [0.5, 0.6) is 0 Å². The number of hydrogen-bond donors (Lipinski definition) is 2. The highest BCUT2D eigenvalue weighted by molar-refractivity contribution is 7.09. The van der Waals surface area contributed by atoms with Gasteiger partial charge in [-0.3, -0.25) is 9.69 Å². The Morgan fingerprint density at radius 1 is 1.38 bits per heavy atom. The molecule has 2 fully saturated rings. The second-order valence-corrected chi connectivity index (χ2v) is 6.92. The molecule has 0 bridgehead atoms. The Morgan fingerprint density at radius 3 is 3.00 bits per heavy atom. The zero-order valence-corrected chi connectivity index (χ0v) is 13.0. The molecule has 2 aliphatic heterocycles. The molecule has 0 saturated carbocycles. The Hall–Kier alpha value is -0.950. The molecule has 2 unspecified atom stereocenters. The molecule has 0 aliphatic carbocycles. The molecule has 6 heteroatoms. The van der Waals surface area contributed by atoms with Crippen molar-refractivity contribution in [1.82, 2.24) is 15.1 Å². The number of aliphatic hydroxyl groups is 1. The lowest BCUT2D eigenvalue weighted by Gasteiger charge is -2.24. The number of amides is 1. The van der Waals surface area contributed by atoms with Crippen molar-refractivity contribution in [2.24, 2.45) is 0 Å². The van der Waals surface area contributed by atoms with E-state index in [9.17, 15) is 9.90 Å². The summed E-state index contributed by atoms with van der Waals surface area (Å²) in [5, 5.41) is 14.8. The van der Waals surface area contributed by atoms with E-state index < -0.39 is 0 Å². The molecule has 2 atom stereocenters. The van der Waals surface area contributed by atoms with E-state index in [-0.39, 0.29) is 18.1 Å². The fourth-order valence-corrected chi connectivity index (χ4v) is 3.84. The molecule has 21 heavy (non-hydrogen) atoms. The molecule has 1 aromatic rings. The molecule has 3 rings (SSSR count). The van der Waals surface area contributed by atoms with Crippen molar-refractivity contribution < 1.29 is 9.90 Å². The third-order valence-corrected chi connectivity index (χ3v) is 5.13. The fourth-order valence-electron chi connectivity index (χ4n) is 3.10. The number of carbonyl (C=O) groups excluding carboxylic acids is 1. The third-order valence-electron chi connectivity index (χ3n) is 4.27. The number of nitrogens with zero attached hydrogens (tertiary/aromatic N) is 2. The van der Waals surface area contributed by atoms with Gasteiger partial charge in [0.05, 0.1) is 12.1 Å². The van der Waals surface area contributed by atoms with Gasteiger partial charge in [0.2, 0.25) is 5.91 Å². The van der Waals surface area contributed by atoms with Crippen LogP contribution in [0, 0.1) is 0 Å². The molecular weight excluding hydrogens is 286 g/mol. The molecule has 2 aliphatic rings. The Bertz CT molecular complexity index is 465. The fraction of sp³-hybridized carbons (Fsp3) is 0.667. The maximum absolute atomic E-state index is 12.5. The van der Waals surface area contributed by atoms with Crippen LogP contribution in [0.3, 0.4) is 0 Å². The standard InChI is InChI=1S/C15H23N3O2S/c19-12-9-14(16-10-12)15(20)18-5-2-4-17(6-7-18)11-13-3-1-8-21-13/h1,3,8,12,14,16,19H,2,4-7,9-11H2. The van der Waals surface area contributed by atoms with Gasteiger partial charge in [0.15, 0.2) is 0 Å². The van der Waals surface area contributed by atoms with Crippen LogP contribution in [-0.2, 0) is 11.3 Å². The first kappa shape index (κ1) is 15.0. The maximum atomic E-state index is 12.5. The molecule has 2 N–H and O–H groups in total. The summed E-state index contributed by atoms with van der Waals surface area (Å²) in [5.74, 6) is 0.157. The minimum Gasteiger partial charge on any atom is -0.392 e. The lowest BCUT2D eigenvalue weighted by Crippen LogP contribution is -2.45. The van der Waals surface area contributed by atoms with Gasteiger partial charge in [-0.15, -0.1) is 11.3 Å². The van der Waals surface area contributed by atoms with Crippen molar-refractivity contribution in [3.05, 3.63) is 22.4 Å². The Kier molecular flexibility index (Phi) is 4.90. The van der Waals surface area contributed by atoms with Gasteiger partial charge in [0.1, 0.15) is 0 Å². The van der Waals surface area contributed by atoms with Crippen molar-refractivity contribution in [3.8, 4) is 0 Å². The quantitative estimate of drug-likeness (QED) is 0.854. The molecule has 0 aromatic carbocycles. The van der Waals surface area contributed by atoms with Gasteiger partial charge in [0.25, 0.3) is 0 Å². The second kappa shape index (κ2) is 6.87. The molecule has 1 aromatic heterocycles. The van der Waals surface area contributed by atoms with Crippen LogP contribution in [0.15, 0.2) is 17.5 Å². The van der Waals surface area contributed by atoms with Crippen molar-refractivity contribution >= 4 is 17.2 Å². The molecule has 116 valence electrons. The van der Waals surface area contributed by atoms with Gasteiger partial charge in [-0.25, -0.2) is 0 Å². The summed E-state index contributed by atoms with van der Waals surface area (Å²) < 4.78 is 0. The van der Waals surface area contributed by atoms with Gasteiger partial charge in [-0.1, -0.05) is 6.07 Å².